The summed E-state index contributed by atoms with van der Waals surface area (Å²) in [7, 11) is -1.18. The molecule has 0 aliphatic carbocycles. The van der Waals surface area contributed by atoms with Crippen LogP contribution in [0.25, 0.3) is 0 Å². The molecule has 27 heavy (non-hydrogen) atoms. The molecule has 0 aliphatic rings. The molecule has 0 bridgehead atoms. The highest BCUT2D eigenvalue weighted by atomic mass is 28.3. The quantitative estimate of drug-likeness (QED) is 0.361. The lowest BCUT2D eigenvalue weighted by molar-refractivity contribution is -0.139. The zero-order valence-corrected chi connectivity index (χ0v) is 18.5. The van der Waals surface area contributed by atoms with Gasteiger partial charge in [0, 0.05) is 46.5 Å². The van der Waals surface area contributed by atoms with E-state index in [4.69, 9.17) is 16.6 Å². The minimum Gasteiger partial charge on any atom is -0.480 e. The Bertz CT molecular complexity index is 478. The predicted molar refractivity (Wildman–Crippen MR) is 111 cm³/mol. The zero-order chi connectivity index (χ0) is 21.0. The molecule has 0 saturated carbocycles. The van der Waals surface area contributed by atoms with Crippen LogP contribution in [0.3, 0.4) is 0 Å². The number of carbonyl (C=O) groups is 3. The number of nitrogens with two attached hydrogens (primary N) is 2. The van der Waals surface area contributed by atoms with Crippen LogP contribution in [-0.4, -0.2) is 60.9 Å². The fourth-order valence-electron chi connectivity index (χ4n) is 2.70. The molecular weight excluding hydrogens is 362 g/mol. The molecule has 5 N–H and O–H groups in total. The van der Waals surface area contributed by atoms with Crippen molar-refractivity contribution in [2.24, 2.45) is 11.5 Å². The van der Waals surface area contributed by atoms with Crippen molar-refractivity contribution in [3.63, 3.8) is 0 Å². The van der Waals surface area contributed by atoms with Crippen LogP contribution in [0.15, 0.2) is 0 Å². The summed E-state index contributed by atoms with van der Waals surface area (Å²) in [5.41, 5.74) is 11.2. The first-order valence-corrected chi connectivity index (χ1v) is 13.7. The Morgan fingerprint density at radius 1 is 0.963 bits per heavy atom. The number of carboxylic acids is 1. The second-order valence-electron chi connectivity index (χ2n) is 8.69. The summed E-state index contributed by atoms with van der Waals surface area (Å²) < 4.78 is 0. The summed E-state index contributed by atoms with van der Waals surface area (Å²) in [6, 6.07) is 0.128. The van der Waals surface area contributed by atoms with Crippen molar-refractivity contribution in [2.45, 2.75) is 89.6 Å². The van der Waals surface area contributed by atoms with Gasteiger partial charge >= 0.3 is 5.97 Å². The third-order valence-corrected chi connectivity index (χ3v) is 6.31. The Morgan fingerprint density at radius 3 is 2.07 bits per heavy atom. The molecule has 0 fully saturated rings. The van der Waals surface area contributed by atoms with Crippen molar-refractivity contribution in [2.75, 3.05) is 13.1 Å². The Hall–Kier alpha value is -1.25. The molecule has 0 aromatic heterocycles. The number of carbonyl (C=O) groups excluding carboxylic acids is 2. The highest BCUT2D eigenvalue weighted by molar-refractivity contribution is 6.76. The number of hydrogen-bond acceptors (Lipinski definition) is 5. The zero-order valence-electron chi connectivity index (χ0n) is 17.5. The van der Waals surface area contributed by atoms with Crippen LogP contribution in [0.1, 0.15) is 51.9 Å². The van der Waals surface area contributed by atoms with E-state index in [9.17, 15) is 14.4 Å². The standard InChI is InChI=1S/C19H39N3O4Si/c1-15(20)8-9-16(23)7-5-12-22(13-6-14-27(2,3)4)18(24)11-10-17(21)19(25)26/h15,17H,5-14,20-21H2,1-4H3,(H,25,26). The lowest BCUT2D eigenvalue weighted by Gasteiger charge is -2.25. The normalized spacial score (nSPS) is 13.9. The molecule has 0 aromatic rings. The number of ketones is 1. The SMILES string of the molecule is CC(N)CCC(=O)CCCN(CCC[Si](C)(C)C)C(=O)CCC(N)C(=O)O. The average Bonchev–Trinajstić information content (AvgIpc) is 2.54. The van der Waals surface area contributed by atoms with Crippen LogP contribution in [0.2, 0.25) is 25.7 Å². The van der Waals surface area contributed by atoms with Crippen LogP contribution in [0.4, 0.5) is 0 Å². The number of hydrogen-bond donors (Lipinski definition) is 3. The van der Waals surface area contributed by atoms with Crippen LogP contribution in [0.5, 0.6) is 0 Å². The van der Waals surface area contributed by atoms with Gasteiger partial charge in [-0.2, -0.15) is 0 Å². The highest BCUT2D eigenvalue weighted by Gasteiger charge is 2.19. The Labute approximate surface area is 164 Å². The number of Topliss-reactive ketones (excluding diaryl/α,β-unsaturated/α-hetero) is 1. The summed E-state index contributed by atoms with van der Waals surface area (Å²) in [6.45, 7) is 9.94. The smallest absolute Gasteiger partial charge is 0.320 e. The molecule has 8 heteroatoms. The van der Waals surface area contributed by atoms with E-state index in [-0.39, 0.29) is 30.6 Å². The fourth-order valence-corrected chi connectivity index (χ4v) is 3.92. The maximum absolute atomic E-state index is 12.5. The second-order valence-corrected chi connectivity index (χ2v) is 14.3. The van der Waals surface area contributed by atoms with E-state index in [1.54, 1.807) is 4.90 Å². The van der Waals surface area contributed by atoms with Crippen molar-refractivity contribution in [1.82, 2.24) is 4.90 Å². The second kappa shape index (κ2) is 13.0. The number of carboxylic acid groups (broad SMARTS) is 1. The minimum atomic E-state index is -1.18. The molecule has 0 rings (SSSR count). The van der Waals surface area contributed by atoms with Gasteiger partial charge in [-0.25, -0.2) is 0 Å². The van der Waals surface area contributed by atoms with Crippen molar-refractivity contribution < 1.29 is 19.5 Å². The third kappa shape index (κ3) is 14.5. The molecule has 0 aromatic carbocycles. The summed E-state index contributed by atoms with van der Waals surface area (Å²) in [6.07, 6.45) is 3.43. The highest BCUT2D eigenvalue weighted by Crippen LogP contribution is 2.13. The van der Waals surface area contributed by atoms with Gasteiger partial charge in [0.15, 0.2) is 0 Å². The molecule has 0 radical (unpaired) electrons. The summed E-state index contributed by atoms with van der Waals surface area (Å²) in [5.74, 6) is -0.993. The van der Waals surface area contributed by atoms with Crippen molar-refractivity contribution in [3.05, 3.63) is 0 Å². The van der Waals surface area contributed by atoms with Crippen molar-refractivity contribution in [1.29, 1.82) is 0 Å². The van der Waals surface area contributed by atoms with E-state index in [1.165, 1.54) is 0 Å². The number of rotatable bonds is 15. The summed E-state index contributed by atoms with van der Waals surface area (Å²) in [5, 5.41) is 8.86. The van der Waals surface area contributed by atoms with E-state index in [1.807, 2.05) is 6.92 Å². The van der Waals surface area contributed by atoms with Gasteiger partial charge in [0.2, 0.25) is 5.91 Å². The van der Waals surface area contributed by atoms with Crippen molar-refractivity contribution >= 4 is 25.7 Å². The minimum absolute atomic E-state index is 0.0204. The lowest BCUT2D eigenvalue weighted by atomic mass is 10.1. The fraction of sp³-hybridized carbons (Fsp3) is 0.842. The molecule has 1 amide bonds. The molecule has 158 valence electrons. The maximum Gasteiger partial charge on any atom is 0.320 e. The first-order valence-electron chi connectivity index (χ1n) is 9.96. The topological polar surface area (TPSA) is 127 Å². The Balaban J connectivity index is 4.52. The molecular formula is C19H39N3O4Si. The van der Waals surface area contributed by atoms with Crippen LogP contribution in [-0.2, 0) is 14.4 Å². The first kappa shape index (κ1) is 25.7. The van der Waals surface area contributed by atoms with E-state index < -0.39 is 20.1 Å². The van der Waals surface area contributed by atoms with Gasteiger partial charge in [-0.1, -0.05) is 25.7 Å². The molecule has 2 atom stereocenters. The van der Waals surface area contributed by atoms with Gasteiger partial charge in [-0.05, 0) is 32.6 Å². The first-order chi connectivity index (χ1) is 12.4. The number of aliphatic carboxylic acids is 1. The van der Waals surface area contributed by atoms with E-state index in [0.29, 0.717) is 38.8 Å². The molecule has 7 nitrogen and oxygen atoms in total. The summed E-state index contributed by atoms with van der Waals surface area (Å²) >= 11 is 0. The molecule has 2 unspecified atom stereocenters. The number of nitrogens with zero attached hydrogens (tertiary/aromatic N) is 1. The van der Waals surface area contributed by atoms with Gasteiger partial charge in [0.1, 0.15) is 11.8 Å². The van der Waals surface area contributed by atoms with Gasteiger partial charge in [-0.15, -0.1) is 0 Å². The largest absolute Gasteiger partial charge is 0.480 e. The molecule has 0 aliphatic heterocycles. The monoisotopic (exact) mass is 401 g/mol. The Kier molecular flexibility index (Phi) is 12.4. The van der Waals surface area contributed by atoms with Crippen molar-refractivity contribution in [3.8, 4) is 0 Å². The van der Waals surface area contributed by atoms with Crippen LogP contribution < -0.4 is 11.5 Å². The van der Waals surface area contributed by atoms with Gasteiger partial charge in [0.25, 0.3) is 0 Å². The maximum atomic E-state index is 12.5. The molecule has 0 heterocycles. The number of amides is 1. The average molecular weight is 402 g/mol. The van der Waals surface area contributed by atoms with Gasteiger partial charge in [-0.3, -0.25) is 14.4 Å². The van der Waals surface area contributed by atoms with Gasteiger partial charge < -0.3 is 21.5 Å². The Morgan fingerprint density at radius 2 is 1.56 bits per heavy atom. The molecule has 0 spiro atoms. The lowest BCUT2D eigenvalue weighted by Crippen LogP contribution is -2.36. The van der Waals surface area contributed by atoms with Gasteiger partial charge in [0.05, 0.1) is 0 Å². The van der Waals surface area contributed by atoms with Crippen LogP contribution >= 0.6 is 0 Å². The predicted octanol–water partition coefficient (Wildman–Crippen LogP) is 2.21. The van der Waals surface area contributed by atoms with E-state index >= 15 is 0 Å². The van der Waals surface area contributed by atoms with E-state index in [2.05, 4.69) is 19.6 Å². The van der Waals surface area contributed by atoms with E-state index in [0.717, 1.165) is 12.5 Å². The summed E-state index contributed by atoms with van der Waals surface area (Å²) in [4.78, 5) is 37.0. The third-order valence-electron chi connectivity index (χ3n) is 4.46. The van der Waals surface area contributed by atoms with Crippen LogP contribution in [0, 0.1) is 0 Å². The molecule has 0 saturated heterocycles.